The van der Waals surface area contributed by atoms with E-state index in [2.05, 4.69) is 0 Å². The van der Waals surface area contributed by atoms with Crippen LogP contribution in [0.4, 0.5) is 0 Å². The first-order chi connectivity index (χ1) is 10.2. The molecule has 0 aliphatic carbocycles. The van der Waals surface area contributed by atoms with Crippen molar-refractivity contribution in [1.82, 2.24) is 4.31 Å². The van der Waals surface area contributed by atoms with Gasteiger partial charge in [0, 0.05) is 19.2 Å². The highest BCUT2D eigenvalue weighted by Gasteiger charge is 2.41. The topological polar surface area (TPSA) is 83.9 Å². The molecule has 0 saturated carbocycles. The first-order valence-electron chi connectivity index (χ1n) is 6.44. The van der Waals surface area contributed by atoms with Crippen LogP contribution in [0.25, 0.3) is 0 Å². The molecular formula is C13H15Cl2NO5S. The molecule has 22 heavy (non-hydrogen) atoms. The molecule has 1 fully saturated rings. The van der Waals surface area contributed by atoms with Crippen molar-refractivity contribution in [1.29, 1.82) is 0 Å². The molecule has 9 heteroatoms. The Hall–Kier alpha value is -1.02. The summed E-state index contributed by atoms with van der Waals surface area (Å²) in [5.41, 5.74) is 0. The van der Waals surface area contributed by atoms with Crippen molar-refractivity contribution in [3.05, 3.63) is 22.2 Å². The standard InChI is InChI=1S/C13H15Cl2NO5S/c1-7-5-16(6-8(7)13(17)18)22(19,20)12-4-9(14)11(21-2)3-10(12)15/h3-4,7-8H,5-6H2,1-2H3,(H,17,18)/t7-,8-/m1/s1. The van der Waals surface area contributed by atoms with Crippen LogP contribution >= 0.6 is 23.2 Å². The molecule has 1 aliphatic rings. The van der Waals surface area contributed by atoms with E-state index in [-0.39, 0.29) is 39.7 Å². The molecule has 1 heterocycles. The molecule has 1 aromatic carbocycles. The lowest BCUT2D eigenvalue weighted by Crippen LogP contribution is -2.30. The third kappa shape index (κ3) is 3.03. The van der Waals surface area contributed by atoms with E-state index in [9.17, 15) is 13.2 Å². The second-order valence-corrected chi connectivity index (χ2v) is 7.88. The minimum Gasteiger partial charge on any atom is -0.495 e. The van der Waals surface area contributed by atoms with E-state index in [0.717, 1.165) is 4.31 Å². The molecule has 2 atom stereocenters. The molecule has 1 N–H and O–H groups in total. The van der Waals surface area contributed by atoms with Gasteiger partial charge in [-0.05, 0) is 12.0 Å². The van der Waals surface area contributed by atoms with Crippen LogP contribution < -0.4 is 4.74 Å². The molecule has 122 valence electrons. The third-order valence-electron chi connectivity index (χ3n) is 3.72. The zero-order chi connectivity index (χ0) is 16.7. The molecule has 0 spiro atoms. The van der Waals surface area contributed by atoms with Gasteiger partial charge in [-0.2, -0.15) is 4.31 Å². The molecule has 0 unspecified atom stereocenters. The number of carboxylic acids is 1. The summed E-state index contributed by atoms with van der Waals surface area (Å²) >= 11 is 12.0. The van der Waals surface area contributed by atoms with Gasteiger partial charge in [-0.25, -0.2) is 8.42 Å². The van der Waals surface area contributed by atoms with Gasteiger partial charge in [-0.15, -0.1) is 0 Å². The number of nitrogens with zero attached hydrogens (tertiary/aromatic N) is 1. The van der Waals surface area contributed by atoms with E-state index in [1.165, 1.54) is 19.2 Å². The minimum atomic E-state index is -3.92. The smallest absolute Gasteiger partial charge is 0.308 e. The van der Waals surface area contributed by atoms with Crippen LogP contribution in [0, 0.1) is 11.8 Å². The van der Waals surface area contributed by atoms with Crippen LogP contribution in [0.15, 0.2) is 17.0 Å². The highest BCUT2D eigenvalue weighted by atomic mass is 35.5. The van der Waals surface area contributed by atoms with Crippen molar-refractivity contribution in [2.45, 2.75) is 11.8 Å². The minimum absolute atomic E-state index is 0.0207. The van der Waals surface area contributed by atoms with Crippen LogP contribution in [0.1, 0.15) is 6.92 Å². The summed E-state index contributed by atoms with van der Waals surface area (Å²) in [6, 6.07) is 2.54. The fourth-order valence-corrected chi connectivity index (χ4v) is 4.83. The molecule has 0 bridgehead atoms. The predicted octanol–water partition coefficient (Wildman–Crippen LogP) is 2.34. The Bertz CT molecular complexity index is 707. The van der Waals surface area contributed by atoms with Gasteiger partial charge >= 0.3 is 5.97 Å². The van der Waals surface area contributed by atoms with Crippen molar-refractivity contribution in [3.8, 4) is 5.75 Å². The molecule has 0 aromatic heterocycles. The summed E-state index contributed by atoms with van der Waals surface area (Å²) in [6.07, 6.45) is 0. The number of aliphatic carboxylic acids is 1. The van der Waals surface area contributed by atoms with Gasteiger partial charge in [0.2, 0.25) is 10.0 Å². The highest BCUT2D eigenvalue weighted by Crippen LogP contribution is 2.36. The summed E-state index contributed by atoms with van der Waals surface area (Å²) in [4.78, 5) is 11.0. The van der Waals surface area contributed by atoms with Crippen LogP contribution in [0.2, 0.25) is 10.0 Å². The SMILES string of the molecule is COc1cc(Cl)c(S(=O)(=O)N2C[C@@H](C)[C@H](C(=O)O)C2)cc1Cl. The molecular weight excluding hydrogens is 353 g/mol. The summed E-state index contributed by atoms with van der Waals surface area (Å²) in [7, 11) is -2.52. The number of carbonyl (C=O) groups is 1. The molecule has 0 radical (unpaired) electrons. The van der Waals surface area contributed by atoms with E-state index in [4.69, 9.17) is 33.0 Å². The van der Waals surface area contributed by atoms with Crippen LogP contribution in [0.3, 0.4) is 0 Å². The number of hydrogen-bond donors (Lipinski definition) is 1. The lowest BCUT2D eigenvalue weighted by Gasteiger charge is -2.18. The lowest BCUT2D eigenvalue weighted by molar-refractivity contribution is -0.142. The van der Waals surface area contributed by atoms with Crippen LogP contribution in [-0.4, -0.2) is 44.0 Å². The fraction of sp³-hybridized carbons (Fsp3) is 0.462. The summed E-state index contributed by atoms with van der Waals surface area (Å²) in [6.45, 7) is 1.75. The lowest BCUT2D eigenvalue weighted by atomic mass is 9.99. The van der Waals surface area contributed by atoms with E-state index in [1.54, 1.807) is 6.92 Å². The number of hydrogen-bond acceptors (Lipinski definition) is 4. The van der Waals surface area contributed by atoms with Crippen LogP contribution in [-0.2, 0) is 14.8 Å². The normalized spacial score (nSPS) is 22.7. The van der Waals surface area contributed by atoms with Gasteiger partial charge in [0.15, 0.2) is 0 Å². The van der Waals surface area contributed by atoms with Crippen LogP contribution in [0.5, 0.6) is 5.75 Å². The van der Waals surface area contributed by atoms with Crippen molar-refractivity contribution >= 4 is 39.2 Å². The van der Waals surface area contributed by atoms with E-state index in [0.29, 0.717) is 0 Å². The second kappa shape index (κ2) is 6.23. The van der Waals surface area contributed by atoms with Gasteiger partial charge < -0.3 is 9.84 Å². The number of carboxylic acid groups (broad SMARTS) is 1. The first kappa shape index (κ1) is 17.3. The largest absolute Gasteiger partial charge is 0.495 e. The van der Waals surface area contributed by atoms with E-state index < -0.39 is 21.9 Å². The zero-order valence-electron chi connectivity index (χ0n) is 11.9. The van der Waals surface area contributed by atoms with E-state index in [1.807, 2.05) is 0 Å². The molecule has 1 aliphatic heterocycles. The number of rotatable bonds is 4. The number of sulfonamides is 1. The Morgan fingerprint density at radius 1 is 1.32 bits per heavy atom. The number of methoxy groups -OCH3 is 1. The van der Waals surface area contributed by atoms with Gasteiger partial charge in [-0.1, -0.05) is 30.1 Å². The van der Waals surface area contributed by atoms with Crippen molar-refractivity contribution in [2.24, 2.45) is 11.8 Å². The Morgan fingerprint density at radius 2 is 1.95 bits per heavy atom. The van der Waals surface area contributed by atoms with Gasteiger partial charge in [0.1, 0.15) is 10.6 Å². The maximum atomic E-state index is 12.7. The summed E-state index contributed by atoms with van der Waals surface area (Å²) in [5, 5.41) is 9.22. The highest BCUT2D eigenvalue weighted by molar-refractivity contribution is 7.89. The van der Waals surface area contributed by atoms with Gasteiger partial charge in [0.05, 0.1) is 23.1 Å². The monoisotopic (exact) mass is 367 g/mol. The van der Waals surface area contributed by atoms with Crippen molar-refractivity contribution in [3.63, 3.8) is 0 Å². The number of benzene rings is 1. The summed E-state index contributed by atoms with van der Waals surface area (Å²) < 4.78 is 31.4. The van der Waals surface area contributed by atoms with E-state index >= 15 is 0 Å². The summed E-state index contributed by atoms with van der Waals surface area (Å²) in [5.74, 6) is -1.75. The van der Waals surface area contributed by atoms with Crippen molar-refractivity contribution in [2.75, 3.05) is 20.2 Å². The second-order valence-electron chi connectivity index (χ2n) is 5.16. The molecule has 1 saturated heterocycles. The molecule has 0 amide bonds. The number of halogens is 2. The Morgan fingerprint density at radius 3 is 2.45 bits per heavy atom. The predicted molar refractivity (Wildman–Crippen MR) is 82.1 cm³/mol. The molecule has 2 rings (SSSR count). The fourth-order valence-electron chi connectivity index (χ4n) is 2.44. The quantitative estimate of drug-likeness (QED) is 0.882. The molecule has 1 aromatic rings. The third-order valence-corrected chi connectivity index (χ3v) is 6.31. The maximum absolute atomic E-state index is 12.7. The van der Waals surface area contributed by atoms with Crippen molar-refractivity contribution < 1.29 is 23.1 Å². The Kier molecular flexibility index (Phi) is 4.91. The molecule has 6 nitrogen and oxygen atoms in total. The zero-order valence-corrected chi connectivity index (χ0v) is 14.2. The Balaban J connectivity index is 2.40. The first-order valence-corrected chi connectivity index (χ1v) is 8.64. The number of ether oxygens (including phenoxy) is 1. The maximum Gasteiger partial charge on any atom is 0.308 e. The van der Waals surface area contributed by atoms with Gasteiger partial charge in [0.25, 0.3) is 0 Å². The average Bonchev–Trinajstić information content (AvgIpc) is 2.83. The van der Waals surface area contributed by atoms with Gasteiger partial charge in [-0.3, -0.25) is 4.79 Å². The average molecular weight is 368 g/mol. The Labute approximate surface area is 138 Å².